The average molecular weight is 405 g/mol. The van der Waals surface area contributed by atoms with Crippen molar-refractivity contribution in [1.29, 1.82) is 0 Å². The molecule has 0 saturated carbocycles. The summed E-state index contributed by atoms with van der Waals surface area (Å²) in [6, 6.07) is 16.0. The quantitative estimate of drug-likeness (QED) is 0.349. The van der Waals surface area contributed by atoms with Gasteiger partial charge in [-0.05, 0) is 43.0 Å². The molecule has 1 unspecified atom stereocenters. The number of nitrogens with zero attached hydrogens (tertiary/aromatic N) is 2. The standard InChI is InChI=1S/C25H28N2O3/c1-4-5-6-7-19-8-10-21(11-9-19)24-26-16-22(17-27-24)20-12-14-23(15-13-20)30-18(2)25(28)29-3/h8-18H,4-7H2,1-3H3. The fraction of sp³-hybridized carbons (Fsp3) is 0.320. The lowest BCUT2D eigenvalue weighted by molar-refractivity contribution is -0.147. The van der Waals surface area contributed by atoms with Gasteiger partial charge in [0.25, 0.3) is 0 Å². The lowest BCUT2D eigenvalue weighted by Crippen LogP contribution is -2.24. The van der Waals surface area contributed by atoms with Crippen LogP contribution in [-0.4, -0.2) is 29.2 Å². The first-order chi connectivity index (χ1) is 14.6. The third kappa shape index (κ3) is 5.66. The van der Waals surface area contributed by atoms with E-state index >= 15 is 0 Å². The maximum Gasteiger partial charge on any atom is 0.346 e. The number of ether oxygens (including phenoxy) is 2. The number of rotatable bonds is 9. The summed E-state index contributed by atoms with van der Waals surface area (Å²) in [5.41, 5.74) is 4.27. The van der Waals surface area contributed by atoms with Crippen LogP contribution in [0.3, 0.4) is 0 Å². The molecule has 0 bridgehead atoms. The highest BCUT2D eigenvalue weighted by molar-refractivity contribution is 5.74. The molecule has 3 rings (SSSR count). The fourth-order valence-electron chi connectivity index (χ4n) is 3.17. The monoisotopic (exact) mass is 404 g/mol. The Morgan fingerprint density at radius 2 is 1.53 bits per heavy atom. The molecule has 2 aromatic carbocycles. The smallest absolute Gasteiger partial charge is 0.346 e. The number of aromatic nitrogens is 2. The van der Waals surface area contributed by atoms with Crippen LogP contribution in [-0.2, 0) is 16.0 Å². The number of carbonyl (C=O) groups excluding carboxylic acids is 1. The first-order valence-corrected chi connectivity index (χ1v) is 10.4. The van der Waals surface area contributed by atoms with E-state index in [1.807, 2.05) is 36.7 Å². The Balaban J connectivity index is 1.64. The Bertz CT molecular complexity index is 936. The van der Waals surface area contributed by atoms with Crippen LogP contribution >= 0.6 is 0 Å². The van der Waals surface area contributed by atoms with Gasteiger partial charge in [-0.15, -0.1) is 0 Å². The SMILES string of the molecule is CCCCCc1ccc(-c2ncc(-c3ccc(OC(C)C(=O)OC)cc3)cn2)cc1. The molecule has 3 aromatic rings. The topological polar surface area (TPSA) is 61.3 Å². The number of benzene rings is 2. The van der Waals surface area contributed by atoms with E-state index in [4.69, 9.17) is 4.74 Å². The van der Waals surface area contributed by atoms with Crippen LogP contribution in [0.4, 0.5) is 0 Å². The van der Waals surface area contributed by atoms with Gasteiger partial charge in [0.05, 0.1) is 7.11 Å². The maximum atomic E-state index is 11.5. The Labute approximate surface area is 178 Å². The Morgan fingerprint density at radius 3 is 2.13 bits per heavy atom. The number of aryl methyl sites for hydroxylation is 1. The fourth-order valence-corrected chi connectivity index (χ4v) is 3.17. The molecule has 0 aliphatic carbocycles. The third-order valence-corrected chi connectivity index (χ3v) is 4.97. The van der Waals surface area contributed by atoms with E-state index < -0.39 is 12.1 Å². The minimum atomic E-state index is -0.651. The van der Waals surface area contributed by atoms with Crippen LogP contribution in [0, 0.1) is 0 Å². The molecule has 0 spiro atoms. The van der Waals surface area contributed by atoms with Gasteiger partial charge in [0.2, 0.25) is 0 Å². The van der Waals surface area contributed by atoms with Crippen molar-refractivity contribution in [1.82, 2.24) is 9.97 Å². The van der Waals surface area contributed by atoms with Gasteiger partial charge in [0.15, 0.2) is 11.9 Å². The van der Waals surface area contributed by atoms with Crippen molar-refractivity contribution in [2.24, 2.45) is 0 Å². The highest BCUT2D eigenvalue weighted by Crippen LogP contribution is 2.24. The number of esters is 1. The van der Waals surface area contributed by atoms with Crippen LogP contribution in [0.25, 0.3) is 22.5 Å². The zero-order chi connectivity index (χ0) is 21.3. The average Bonchev–Trinajstić information content (AvgIpc) is 2.80. The molecule has 1 aromatic heterocycles. The molecule has 0 amide bonds. The van der Waals surface area contributed by atoms with E-state index in [-0.39, 0.29) is 0 Å². The normalized spacial score (nSPS) is 11.7. The second-order valence-electron chi connectivity index (χ2n) is 7.26. The van der Waals surface area contributed by atoms with Crippen LogP contribution in [0.2, 0.25) is 0 Å². The number of hydrogen-bond acceptors (Lipinski definition) is 5. The molecule has 0 fully saturated rings. The number of carbonyl (C=O) groups is 1. The Morgan fingerprint density at radius 1 is 0.900 bits per heavy atom. The first-order valence-electron chi connectivity index (χ1n) is 10.4. The van der Waals surface area contributed by atoms with Gasteiger partial charge in [-0.1, -0.05) is 56.2 Å². The van der Waals surface area contributed by atoms with Gasteiger partial charge in [0, 0.05) is 23.5 Å². The van der Waals surface area contributed by atoms with Crippen LogP contribution < -0.4 is 4.74 Å². The molecule has 0 radical (unpaired) electrons. The van der Waals surface area contributed by atoms with Crippen molar-refractivity contribution in [3.8, 4) is 28.3 Å². The minimum Gasteiger partial charge on any atom is -0.479 e. The molecule has 156 valence electrons. The van der Waals surface area contributed by atoms with Crippen LogP contribution in [0.1, 0.15) is 38.7 Å². The molecule has 0 saturated heterocycles. The van der Waals surface area contributed by atoms with Crippen LogP contribution in [0.5, 0.6) is 5.75 Å². The molecule has 5 nitrogen and oxygen atoms in total. The Hall–Kier alpha value is -3.21. The van der Waals surface area contributed by atoms with Crippen molar-refractivity contribution in [3.05, 3.63) is 66.5 Å². The predicted molar refractivity (Wildman–Crippen MR) is 118 cm³/mol. The molecule has 5 heteroatoms. The van der Waals surface area contributed by atoms with Crippen LogP contribution in [0.15, 0.2) is 60.9 Å². The molecular formula is C25H28N2O3. The van der Waals surface area contributed by atoms with Gasteiger partial charge in [0.1, 0.15) is 5.75 Å². The van der Waals surface area contributed by atoms with Gasteiger partial charge >= 0.3 is 5.97 Å². The molecule has 0 aliphatic rings. The molecule has 0 aliphatic heterocycles. The van der Waals surface area contributed by atoms with Gasteiger partial charge < -0.3 is 9.47 Å². The third-order valence-electron chi connectivity index (χ3n) is 4.97. The van der Waals surface area contributed by atoms with Gasteiger partial charge in [-0.2, -0.15) is 0 Å². The first kappa shape index (κ1) is 21.5. The Kier molecular flexibility index (Phi) is 7.55. The maximum absolute atomic E-state index is 11.5. The summed E-state index contributed by atoms with van der Waals surface area (Å²) >= 11 is 0. The minimum absolute atomic E-state index is 0.406. The lowest BCUT2D eigenvalue weighted by Gasteiger charge is -2.12. The lowest BCUT2D eigenvalue weighted by atomic mass is 10.0. The molecule has 30 heavy (non-hydrogen) atoms. The summed E-state index contributed by atoms with van der Waals surface area (Å²) in [5, 5.41) is 0. The highest BCUT2D eigenvalue weighted by Gasteiger charge is 2.14. The summed E-state index contributed by atoms with van der Waals surface area (Å²) in [7, 11) is 1.34. The second-order valence-corrected chi connectivity index (χ2v) is 7.26. The van der Waals surface area contributed by atoms with E-state index in [0.29, 0.717) is 11.6 Å². The number of hydrogen-bond donors (Lipinski definition) is 0. The summed E-state index contributed by atoms with van der Waals surface area (Å²) in [6.07, 6.45) is 7.85. The summed E-state index contributed by atoms with van der Waals surface area (Å²) < 4.78 is 10.2. The summed E-state index contributed by atoms with van der Waals surface area (Å²) in [6.45, 7) is 3.88. The van der Waals surface area contributed by atoms with Crippen molar-refractivity contribution < 1.29 is 14.3 Å². The predicted octanol–water partition coefficient (Wildman–Crippen LogP) is 5.48. The zero-order valence-corrected chi connectivity index (χ0v) is 17.8. The molecule has 1 atom stereocenters. The van der Waals surface area contributed by atoms with E-state index in [1.165, 1.54) is 31.9 Å². The molecular weight excluding hydrogens is 376 g/mol. The van der Waals surface area contributed by atoms with Gasteiger partial charge in [-0.3, -0.25) is 0 Å². The van der Waals surface area contributed by atoms with Crippen molar-refractivity contribution >= 4 is 5.97 Å². The molecule has 1 heterocycles. The largest absolute Gasteiger partial charge is 0.479 e. The highest BCUT2D eigenvalue weighted by atomic mass is 16.6. The van der Waals surface area contributed by atoms with E-state index in [1.54, 1.807) is 6.92 Å². The van der Waals surface area contributed by atoms with E-state index in [0.717, 1.165) is 23.1 Å². The van der Waals surface area contributed by atoms with Crippen molar-refractivity contribution in [3.63, 3.8) is 0 Å². The van der Waals surface area contributed by atoms with Gasteiger partial charge in [-0.25, -0.2) is 14.8 Å². The summed E-state index contributed by atoms with van der Waals surface area (Å²) in [4.78, 5) is 20.5. The van der Waals surface area contributed by atoms with Crippen molar-refractivity contribution in [2.75, 3.05) is 7.11 Å². The van der Waals surface area contributed by atoms with E-state index in [9.17, 15) is 4.79 Å². The molecule has 0 N–H and O–H groups in total. The second kappa shape index (κ2) is 10.5. The summed E-state index contributed by atoms with van der Waals surface area (Å²) in [5.74, 6) is 0.913. The van der Waals surface area contributed by atoms with E-state index in [2.05, 4.69) is 45.9 Å². The van der Waals surface area contributed by atoms with Crippen molar-refractivity contribution in [2.45, 2.75) is 45.6 Å². The number of methoxy groups -OCH3 is 1. The zero-order valence-electron chi connectivity index (χ0n) is 17.8. The number of unbranched alkanes of at least 4 members (excludes halogenated alkanes) is 2.